The molecule has 1 unspecified atom stereocenters. The molecule has 3 aromatic heterocycles. The van der Waals surface area contributed by atoms with Gasteiger partial charge in [-0.3, -0.25) is 9.89 Å². The largest absolute Gasteiger partial charge is 0.476 e. The lowest BCUT2D eigenvalue weighted by atomic mass is 9.93. The second kappa shape index (κ2) is 7.77. The fourth-order valence-corrected chi connectivity index (χ4v) is 3.64. The zero-order chi connectivity index (χ0) is 18.6. The van der Waals surface area contributed by atoms with Gasteiger partial charge in [0.25, 0.3) is 5.88 Å². The summed E-state index contributed by atoms with van der Waals surface area (Å²) in [5.41, 5.74) is 1.80. The van der Waals surface area contributed by atoms with Gasteiger partial charge in [-0.1, -0.05) is 0 Å². The number of H-pyrrole nitrogens is 1. The number of rotatable bonds is 6. The molecule has 1 aliphatic rings. The van der Waals surface area contributed by atoms with Crippen LogP contribution in [0.2, 0.25) is 0 Å². The molecule has 4 rings (SSSR count). The Balaban J connectivity index is 1.38. The van der Waals surface area contributed by atoms with Crippen LogP contribution in [0.5, 0.6) is 5.88 Å². The zero-order valence-corrected chi connectivity index (χ0v) is 15.4. The number of nitrogens with one attached hydrogen (secondary N) is 1. The third-order valence-corrected chi connectivity index (χ3v) is 4.96. The van der Waals surface area contributed by atoms with Crippen molar-refractivity contribution >= 4 is 16.9 Å². The molecule has 1 fully saturated rings. The van der Waals surface area contributed by atoms with E-state index in [-0.39, 0.29) is 11.8 Å². The summed E-state index contributed by atoms with van der Waals surface area (Å²) in [6, 6.07) is 5.70. The van der Waals surface area contributed by atoms with Gasteiger partial charge >= 0.3 is 0 Å². The summed E-state index contributed by atoms with van der Waals surface area (Å²) in [5, 5.41) is 12.3. The van der Waals surface area contributed by atoms with Crippen molar-refractivity contribution in [1.29, 1.82) is 0 Å². The number of amides is 1. The van der Waals surface area contributed by atoms with E-state index in [1.165, 1.54) is 0 Å². The molecule has 27 heavy (non-hydrogen) atoms. The Labute approximate surface area is 156 Å². The van der Waals surface area contributed by atoms with Crippen molar-refractivity contribution in [1.82, 2.24) is 25.2 Å². The maximum Gasteiger partial charge on any atom is 0.254 e. The van der Waals surface area contributed by atoms with Crippen LogP contribution < -0.4 is 4.74 Å². The fourth-order valence-electron chi connectivity index (χ4n) is 3.64. The summed E-state index contributed by atoms with van der Waals surface area (Å²) in [4.78, 5) is 18.9. The Kier molecular flexibility index (Phi) is 5.04. The molecule has 0 saturated carbocycles. The minimum absolute atomic E-state index is 0.135. The van der Waals surface area contributed by atoms with E-state index < -0.39 is 0 Å². The normalized spacial score (nSPS) is 17.4. The molecule has 0 bridgehead atoms. The number of piperidine rings is 1. The van der Waals surface area contributed by atoms with Crippen LogP contribution >= 0.6 is 0 Å². The average molecular weight is 369 g/mol. The molecular formula is C19H23N5O3. The second-order valence-electron chi connectivity index (χ2n) is 6.76. The Morgan fingerprint density at radius 1 is 1.48 bits per heavy atom. The highest BCUT2D eigenvalue weighted by molar-refractivity contribution is 5.79. The van der Waals surface area contributed by atoms with Gasteiger partial charge in [-0.15, -0.1) is 0 Å². The minimum Gasteiger partial charge on any atom is -0.476 e. The standard InChI is InChI=1S/C19H23N5O3/c1-2-26-16-11-14(27-23-16)7-8-17(25)24-10-4-5-13(12-24)18-15-6-3-9-20-19(15)22-21-18/h3,6,9,11,13H,2,4-5,7-8,10,12H2,1H3,(H,20,21,22). The Morgan fingerprint density at radius 2 is 2.41 bits per heavy atom. The highest BCUT2D eigenvalue weighted by Crippen LogP contribution is 2.30. The summed E-state index contributed by atoms with van der Waals surface area (Å²) in [7, 11) is 0. The number of hydrogen-bond donors (Lipinski definition) is 1. The first kappa shape index (κ1) is 17.5. The molecule has 1 amide bonds. The van der Waals surface area contributed by atoms with E-state index in [1.54, 1.807) is 12.3 Å². The van der Waals surface area contributed by atoms with Crippen LogP contribution in [0.1, 0.15) is 43.6 Å². The van der Waals surface area contributed by atoms with Crippen LogP contribution in [-0.2, 0) is 11.2 Å². The number of ether oxygens (including phenoxy) is 1. The highest BCUT2D eigenvalue weighted by atomic mass is 16.5. The summed E-state index contributed by atoms with van der Waals surface area (Å²) < 4.78 is 10.5. The highest BCUT2D eigenvalue weighted by Gasteiger charge is 2.27. The van der Waals surface area contributed by atoms with E-state index in [9.17, 15) is 4.79 Å². The molecule has 4 heterocycles. The van der Waals surface area contributed by atoms with E-state index >= 15 is 0 Å². The predicted molar refractivity (Wildman–Crippen MR) is 98.4 cm³/mol. The van der Waals surface area contributed by atoms with Gasteiger partial charge < -0.3 is 14.2 Å². The number of nitrogens with zero attached hydrogens (tertiary/aromatic N) is 4. The minimum atomic E-state index is 0.135. The van der Waals surface area contributed by atoms with Crippen LogP contribution in [0, 0.1) is 0 Å². The maximum absolute atomic E-state index is 12.7. The number of carbonyl (C=O) groups excluding carboxylic acids is 1. The molecule has 0 aromatic carbocycles. The Hall–Kier alpha value is -2.90. The lowest BCUT2D eigenvalue weighted by Gasteiger charge is -2.32. The number of aromatic amines is 1. The molecule has 1 N–H and O–H groups in total. The number of aromatic nitrogens is 4. The summed E-state index contributed by atoms with van der Waals surface area (Å²) in [6.45, 7) is 3.92. The molecule has 8 heteroatoms. The second-order valence-corrected chi connectivity index (χ2v) is 6.76. The van der Waals surface area contributed by atoms with Crippen molar-refractivity contribution in [3.05, 3.63) is 35.9 Å². The smallest absolute Gasteiger partial charge is 0.254 e. The van der Waals surface area contributed by atoms with Crippen LogP contribution in [0.4, 0.5) is 0 Å². The topological polar surface area (TPSA) is 97.1 Å². The molecule has 1 saturated heterocycles. The Morgan fingerprint density at radius 3 is 3.30 bits per heavy atom. The maximum atomic E-state index is 12.7. The number of fused-ring (bicyclic) bond motifs is 1. The first-order valence-electron chi connectivity index (χ1n) is 9.39. The first-order valence-corrected chi connectivity index (χ1v) is 9.39. The van der Waals surface area contributed by atoms with E-state index in [4.69, 9.17) is 9.26 Å². The monoisotopic (exact) mass is 369 g/mol. The van der Waals surface area contributed by atoms with Crippen LogP contribution in [0.15, 0.2) is 28.9 Å². The molecule has 0 spiro atoms. The van der Waals surface area contributed by atoms with Gasteiger partial charge in [0.05, 0.1) is 6.61 Å². The number of likely N-dealkylation sites (tertiary alicyclic amines) is 1. The molecule has 1 aliphatic heterocycles. The van der Waals surface area contributed by atoms with Gasteiger partial charge in [0.2, 0.25) is 5.91 Å². The molecule has 8 nitrogen and oxygen atoms in total. The van der Waals surface area contributed by atoms with Gasteiger partial charge in [-0.25, -0.2) is 4.98 Å². The lowest BCUT2D eigenvalue weighted by Crippen LogP contribution is -2.39. The number of pyridine rings is 1. The van der Waals surface area contributed by atoms with E-state index in [2.05, 4.69) is 20.3 Å². The van der Waals surface area contributed by atoms with Crippen molar-refractivity contribution in [2.24, 2.45) is 0 Å². The summed E-state index contributed by atoms with van der Waals surface area (Å²) in [6.07, 6.45) is 4.68. The fraction of sp³-hybridized carbons (Fsp3) is 0.474. The third kappa shape index (κ3) is 3.79. The van der Waals surface area contributed by atoms with Crippen molar-refractivity contribution in [3.63, 3.8) is 0 Å². The molecule has 0 aliphatic carbocycles. The summed E-state index contributed by atoms with van der Waals surface area (Å²) >= 11 is 0. The van der Waals surface area contributed by atoms with E-state index in [1.807, 2.05) is 24.0 Å². The predicted octanol–water partition coefficient (Wildman–Crippen LogP) is 2.68. The van der Waals surface area contributed by atoms with Gasteiger partial charge in [0, 0.05) is 55.2 Å². The molecule has 1 atom stereocenters. The SMILES string of the molecule is CCOc1cc(CCC(=O)N2CCCC(c3[nH]nc4ncccc34)C2)on1. The van der Waals surface area contributed by atoms with Crippen LogP contribution in [-0.4, -0.2) is 50.8 Å². The van der Waals surface area contributed by atoms with Crippen molar-refractivity contribution in [2.45, 2.75) is 38.5 Å². The van der Waals surface area contributed by atoms with Gasteiger partial charge in [0.15, 0.2) is 5.65 Å². The van der Waals surface area contributed by atoms with Crippen LogP contribution in [0.25, 0.3) is 11.0 Å². The van der Waals surface area contributed by atoms with Crippen molar-refractivity contribution < 1.29 is 14.1 Å². The number of aryl methyl sites for hydroxylation is 1. The number of carbonyl (C=O) groups is 1. The Bertz CT molecular complexity index is 919. The first-order chi connectivity index (χ1) is 13.2. The van der Waals surface area contributed by atoms with Gasteiger partial charge in [-0.05, 0) is 37.1 Å². The third-order valence-electron chi connectivity index (χ3n) is 4.96. The van der Waals surface area contributed by atoms with Gasteiger partial charge in [-0.2, -0.15) is 5.10 Å². The molecule has 142 valence electrons. The average Bonchev–Trinajstić information content (AvgIpc) is 3.33. The van der Waals surface area contributed by atoms with E-state index in [0.717, 1.165) is 36.1 Å². The van der Waals surface area contributed by atoms with Gasteiger partial charge in [0.1, 0.15) is 5.76 Å². The van der Waals surface area contributed by atoms with Crippen molar-refractivity contribution in [3.8, 4) is 5.88 Å². The quantitative estimate of drug-likeness (QED) is 0.717. The summed E-state index contributed by atoms with van der Waals surface area (Å²) in [5.74, 6) is 1.53. The number of hydrogen-bond acceptors (Lipinski definition) is 6. The van der Waals surface area contributed by atoms with Crippen LogP contribution in [0.3, 0.4) is 0 Å². The molecular weight excluding hydrogens is 346 g/mol. The van der Waals surface area contributed by atoms with Crippen molar-refractivity contribution in [2.75, 3.05) is 19.7 Å². The molecule has 3 aromatic rings. The lowest BCUT2D eigenvalue weighted by molar-refractivity contribution is -0.132. The van der Waals surface area contributed by atoms with E-state index in [0.29, 0.717) is 37.6 Å². The molecule has 0 radical (unpaired) electrons. The zero-order valence-electron chi connectivity index (χ0n) is 15.4.